The summed E-state index contributed by atoms with van der Waals surface area (Å²) in [5.74, 6) is -0.366. The Balaban J connectivity index is 2.07. The molecule has 0 aliphatic rings. The molecule has 7 heteroatoms. The maximum absolute atomic E-state index is 12.5. The van der Waals surface area contributed by atoms with Gasteiger partial charge < -0.3 is 5.32 Å². The number of carbonyl (C=O) groups excluding carboxylic acids is 1. The van der Waals surface area contributed by atoms with Crippen LogP contribution >= 0.6 is 11.6 Å². The van der Waals surface area contributed by atoms with E-state index in [4.69, 9.17) is 11.6 Å². The van der Waals surface area contributed by atoms with Crippen LogP contribution in [-0.2, 0) is 26.8 Å². The normalized spacial score (nSPS) is 13.3. The van der Waals surface area contributed by atoms with Crippen LogP contribution in [0.2, 0.25) is 5.02 Å². The van der Waals surface area contributed by atoms with Crippen molar-refractivity contribution >= 4 is 27.5 Å². The Morgan fingerprint density at radius 2 is 1.69 bits per heavy atom. The van der Waals surface area contributed by atoms with Gasteiger partial charge in [-0.2, -0.15) is 4.31 Å². The molecule has 0 heterocycles. The summed E-state index contributed by atoms with van der Waals surface area (Å²) < 4.78 is 25.5. The Hall–Kier alpha value is -1.89. The molecule has 0 saturated heterocycles. The second kappa shape index (κ2) is 9.28. The topological polar surface area (TPSA) is 66.5 Å². The number of halogens is 1. The number of nitrogens with one attached hydrogen (secondary N) is 1. The molecule has 0 radical (unpaired) electrons. The molecular weight excluding hydrogens is 408 g/mol. The molecule has 0 fully saturated rings. The molecule has 5 nitrogen and oxygen atoms in total. The second-order valence-electron chi connectivity index (χ2n) is 8.28. The maximum Gasteiger partial charge on any atom is 0.235 e. The highest BCUT2D eigenvalue weighted by Crippen LogP contribution is 2.24. The van der Waals surface area contributed by atoms with E-state index in [1.54, 1.807) is 24.3 Å². The number of sulfonamides is 1. The van der Waals surface area contributed by atoms with Crippen LogP contribution in [0, 0.1) is 0 Å². The molecule has 2 aromatic carbocycles. The standard InChI is InChI=1S/C22H29ClN2O3S/c1-16(17-10-12-19(13-11-17)22(2,3)4)24-21(26)15-25(29(5,27)28)14-18-8-6-7-9-20(18)23/h6-13,16H,14-15H2,1-5H3,(H,24,26). The lowest BCUT2D eigenvalue weighted by Crippen LogP contribution is -2.40. The zero-order valence-corrected chi connectivity index (χ0v) is 19.1. The lowest BCUT2D eigenvalue weighted by Gasteiger charge is -2.23. The fourth-order valence-electron chi connectivity index (χ4n) is 2.91. The van der Waals surface area contributed by atoms with Gasteiger partial charge in [0.1, 0.15) is 0 Å². The fraction of sp³-hybridized carbons (Fsp3) is 0.409. The number of hydrogen-bond donors (Lipinski definition) is 1. The van der Waals surface area contributed by atoms with Crippen molar-refractivity contribution in [2.24, 2.45) is 0 Å². The first kappa shape index (κ1) is 23.4. The van der Waals surface area contributed by atoms with Crippen LogP contribution in [0.5, 0.6) is 0 Å². The summed E-state index contributed by atoms with van der Waals surface area (Å²) in [6.45, 7) is 8.09. The minimum atomic E-state index is -3.58. The van der Waals surface area contributed by atoms with Crippen LogP contribution in [0.4, 0.5) is 0 Å². The van der Waals surface area contributed by atoms with Gasteiger partial charge in [0.2, 0.25) is 15.9 Å². The van der Waals surface area contributed by atoms with Crippen LogP contribution in [0.3, 0.4) is 0 Å². The predicted octanol–water partition coefficient (Wildman–Crippen LogP) is 4.28. The first-order chi connectivity index (χ1) is 13.4. The summed E-state index contributed by atoms with van der Waals surface area (Å²) in [7, 11) is -3.58. The van der Waals surface area contributed by atoms with Crippen molar-refractivity contribution < 1.29 is 13.2 Å². The van der Waals surface area contributed by atoms with Gasteiger partial charge in [-0.3, -0.25) is 4.79 Å². The highest BCUT2D eigenvalue weighted by molar-refractivity contribution is 7.88. The van der Waals surface area contributed by atoms with Crippen molar-refractivity contribution in [3.63, 3.8) is 0 Å². The van der Waals surface area contributed by atoms with Crippen LogP contribution < -0.4 is 5.32 Å². The molecule has 1 atom stereocenters. The fourth-order valence-corrected chi connectivity index (χ4v) is 3.83. The van der Waals surface area contributed by atoms with Crippen molar-refractivity contribution in [2.75, 3.05) is 12.8 Å². The van der Waals surface area contributed by atoms with Gasteiger partial charge in [-0.05, 0) is 35.1 Å². The van der Waals surface area contributed by atoms with Crippen LogP contribution in [-0.4, -0.2) is 31.4 Å². The molecule has 0 aliphatic carbocycles. The van der Waals surface area contributed by atoms with Gasteiger partial charge in [0.25, 0.3) is 0 Å². The molecule has 158 valence electrons. The van der Waals surface area contributed by atoms with Gasteiger partial charge in [0.05, 0.1) is 18.8 Å². The molecule has 2 rings (SSSR count). The number of amides is 1. The molecule has 0 bridgehead atoms. The van der Waals surface area contributed by atoms with Crippen molar-refractivity contribution in [1.29, 1.82) is 0 Å². The number of hydrogen-bond acceptors (Lipinski definition) is 3. The van der Waals surface area contributed by atoms with Crippen LogP contribution in [0.1, 0.15) is 50.4 Å². The van der Waals surface area contributed by atoms with Crippen molar-refractivity contribution in [2.45, 2.75) is 45.7 Å². The molecule has 2 aromatic rings. The Labute approximate surface area is 179 Å². The van der Waals surface area contributed by atoms with Gasteiger partial charge >= 0.3 is 0 Å². The van der Waals surface area contributed by atoms with Gasteiger partial charge in [-0.25, -0.2) is 8.42 Å². The summed E-state index contributed by atoms with van der Waals surface area (Å²) >= 11 is 6.14. The largest absolute Gasteiger partial charge is 0.348 e. The summed E-state index contributed by atoms with van der Waals surface area (Å²) in [5.41, 5.74) is 2.88. The van der Waals surface area contributed by atoms with E-state index < -0.39 is 10.0 Å². The van der Waals surface area contributed by atoms with Gasteiger partial charge in [0.15, 0.2) is 0 Å². The summed E-state index contributed by atoms with van der Waals surface area (Å²) in [6, 6.07) is 14.8. The van der Waals surface area contributed by atoms with Gasteiger partial charge in [-0.15, -0.1) is 0 Å². The number of benzene rings is 2. The number of carbonyl (C=O) groups is 1. The van der Waals surface area contributed by atoms with E-state index in [0.29, 0.717) is 10.6 Å². The van der Waals surface area contributed by atoms with E-state index in [9.17, 15) is 13.2 Å². The quantitative estimate of drug-likeness (QED) is 0.704. The first-order valence-electron chi connectivity index (χ1n) is 9.46. The molecule has 1 amide bonds. The molecule has 0 spiro atoms. The second-order valence-corrected chi connectivity index (χ2v) is 10.7. The third kappa shape index (κ3) is 6.84. The SMILES string of the molecule is CC(NC(=O)CN(Cc1ccccc1Cl)S(C)(=O)=O)c1ccc(C(C)(C)C)cc1. The molecule has 1 N–H and O–H groups in total. The highest BCUT2D eigenvalue weighted by Gasteiger charge is 2.22. The zero-order valence-electron chi connectivity index (χ0n) is 17.6. The maximum atomic E-state index is 12.5. The van der Waals surface area contributed by atoms with E-state index in [-0.39, 0.29) is 30.5 Å². The number of nitrogens with zero attached hydrogens (tertiary/aromatic N) is 1. The summed E-state index contributed by atoms with van der Waals surface area (Å²) in [6.07, 6.45) is 1.09. The first-order valence-corrected chi connectivity index (χ1v) is 11.7. The number of rotatable bonds is 7. The van der Waals surface area contributed by atoms with Crippen LogP contribution in [0.25, 0.3) is 0 Å². The Kier molecular flexibility index (Phi) is 7.49. The Bertz CT molecular complexity index is 951. The Morgan fingerprint density at radius 1 is 1.10 bits per heavy atom. The zero-order chi connectivity index (χ0) is 21.8. The van der Waals surface area contributed by atoms with Crippen molar-refractivity contribution in [3.8, 4) is 0 Å². The van der Waals surface area contributed by atoms with Crippen molar-refractivity contribution in [3.05, 3.63) is 70.2 Å². The average Bonchev–Trinajstić information content (AvgIpc) is 2.61. The smallest absolute Gasteiger partial charge is 0.235 e. The monoisotopic (exact) mass is 436 g/mol. The molecule has 29 heavy (non-hydrogen) atoms. The minimum absolute atomic E-state index is 0.0422. The lowest BCUT2D eigenvalue weighted by molar-refractivity contribution is -0.122. The van der Waals surface area contributed by atoms with E-state index in [0.717, 1.165) is 16.1 Å². The predicted molar refractivity (Wildman–Crippen MR) is 118 cm³/mol. The summed E-state index contributed by atoms with van der Waals surface area (Å²) in [4.78, 5) is 12.5. The van der Waals surface area contributed by atoms with E-state index in [1.807, 2.05) is 19.1 Å². The molecular formula is C22H29ClN2O3S. The van der Waals surface area contributed by atoms with E-state index in [1.165, 1.54) is 5.56 Å². The van der Waals surface area contributed by atoms with Crippen LogP contribution in [0.15, 0.2) is 48.5 Å². The summed E-state index contributed by atoms with van der Waals surface area (Å²) in [5, 5.41) is 3.35. The van der Waals surface area contributed by atoms with Crippen molar-refractivity contribution in [1.82, 2.24) is 9.62 Å². The minimum Gasteiger partial charge on any atom is -0.348 e. The van der Waals surface area contributed by atoms with Gasteiger partial charge in [-0.1, -0.05) is 74.8 Å². The van der Waals surface area contributed by atoms with E-state index in [2.05, 4.69) is 38.2 Å². The Morgan fingerprint density at radius 3 is 2.21 bits per heavy atom. The molecule has 0 aromatic heterocycles. The molecule has 1 unspecified atom stereocenters. The third-order valence-electron chi connectivity index (χ3n) is 4.75. The van der Waals surface area contributed by atoms with Gasteiger partial charge in [0, 0.05) is 11.6 Å². The lowest BCUT2D eigenvalue weighted by atomic mass is 9.86. The average molecular weight is 437 g/mol. The highest BCUT2D eigenvalue weighted by atomic mass is 35.5. The molecule has 0 saturated carbocycles. The third-order valence-corrected chi connectivity index (χ3v) is 6.31. The van der Waals surface area contributed by atoms with E-state index >= 15 is 0 Å². The molecule has 0 aliphatic heterocycles.